The number of nitrogens with one attached hydrogen (secondary N) is 1. The molecule has 3 N–H and O–H groups in total. The predicted octanol–water partition coefficient (Wildman–Crippen LogP) is 6.05. The minimum absolute atomic E-state index is 0.255. The van der Waals surface area contributed by atoms with E-state index in [0.717, 1.165) is 27.8 Å². The lowest BCUT2D eigenvalue weighted by Crippen LogP contribution is -2.48. The molecule has 0 radical (unpaired) electrons. The first kappa shape index (κ1) is 27.3. The summed E-state index contributed by atoms with van der Waals surface area (Å²) < 4.78 is 63.4. The Labute approximate surface area is 199 Å². The third kappa shape index (κ3) is 7.26. The maximum atomic E-state index is 13.2. The number of hydrogen-bond acceptors (Lipinski definition) is 5. The largest absolute Gasteiger partial charge is 0.461 e. The Kier molecular flexibility index (Phi) is 8.93. The van der Waals surface area contributed by atoms with Gasteiger partial charge in [-0.3, -0.25) is 5.43 Å². The Morgan fingerprint density at radius 1 is 1.14 bits per heavy atom. The highest BCUT2D eigenvalue weighted by molar-refractivity contribution is 6.00. The van der Waals surface area contributed by atoms with Crippen LogP contribution in [0.3, 0.4) is 0 Å². The number of aryl methyl sites for hydroxylation is 3. The van der Waals surface area contributed by atoms with Gasteiger partial charge in [0.1, 0.15) is 12.4 Å². The van der Waals surface area contributed by atoms with E-state index in [1.807, 2.05) is 39.0 Å². The van der Waals surface area contributed by atoms with E-state index in [1.54, 1.807) is 30.5 Å². The van der Waals surface area contributed by atoms with Crippen molar-refractivity contribution in [1.29, 1.82) is 0 Å². The first-order valence-electron chi connectivity index (χ1n) is 10.2. The van der Waals surface area contributed by atoms with Crippen molar-refractivity contribution in [2.75, 3.05) is 12.0 Å². The van der Waals surface area contributed by atoms with E-state index >= 15 is 0 Å². The maximum absolute atomic E-state index is 13.2. The van der Waals surface area contributed by atoms with Crippen LogP contribution in [0.15, 0.2) is 63.7 Å². The number of nitrogens with zero attached hydrogens (tertiary/aromatic N) is 5. The van der Waals surface area contributed by atoms with Gasteiger partial charge >= 0.3 is 12.1 Å². The van der Waals surface area contributed by atoms with E-state index < -0.39 is 17.9 Å². The highest BCUT2D eigenvalue weighted by atomic mass is 19.4. The zero-order valence-electron chi connectivity index (χ0n) is 19.2. The standard InChI is InChI=1S/C23H24F5N7/c1-5-17-12-14(2)11-16(4)19(17)9-8-18(32-33-20-15(3)7-6-10-30-20)13-31-35-34-21(29)22(24,25)23(26,27)28/h5-12H,1,13H2,2-4H3,(H,30,33)(H2,29,31,34)/b9-8+,32-18+. The molecule has 0 saturated heterocycles. The number of nitrogens with two attached hydrogens (primary N) is 1. The van der Waals surface area contributed by atoms with Crippen LogP contribution in [0, 0.1) is 20.8 Å². The molecule has 35 heavy (non-hydrogen) atoms. The molecule has 0 unspecified atom stereocenters. The van der Waals surface area contributed by atoms with Crippen LogP contribution >= 0.6 is 0 Å². The first-order valence-corrected chi connectivity index (χ1v) is 10.2. The van der Waals surface area contributed by atoms with Crippen molar-refractivity contribution in [3.05, 3.63) is 70.9 Å². The second kappa shape index (κ2) is 11.4. The van der Waals surface area contributed by atoms with E-state index in [1.165, 1.54) is 0 Å². The monoisotopic (exact) mass is 493 g/mol. The van der Waals surface area contributed by atoms with E-state index in [-0.39, 0.29) is 12.3 Å². The van der Waals surface area contributed by atoms with Crippen molar-refractivity contribution in [2.45, 2.75) is 32.9 Å². The van der Waals surface area contributed by atoms with Crippen molar-refractivity contribution in [3.63, 3.8) is 0 Å². The SMILES string of the molecule is C=Cc1cc(C)cc(C)c1/C=C/C(CN=N/N=C(\N)C(F)(F)C(F)(F)F)=N\Nc1ncccc1C. The van der Waals surface area contributed by atoms with E-state index in [4.69, 9.17) is 5.73 Å². The van der Waals surface area contributed by atoms with Gasteiger partial charge in [-0.2, -0.15) is 32.2 Å². The number of rotatable bonds is 9. The molecule has 0 fully saturated rings. The van der Waals surface area contributed by atoms with Crippen molar-refractivity contribution in [3.8, 4) is 0 Å². The molecule has 7 nitrogen and oxygen atoms in total. The second-order valence-electron chi connectivity index (χ2n) is 7.45. The lowest BCUT2D eigenvalue weighted by molar-refractivity contribution is -0.249. The van der Waals surface area contributed by atoms with Crippen molar-refractivity contribution in [2.24, 2.45) is 26.3 Å². The lowest BCUT2D eigenvalue weighted by Gasteiger charge is -2.17. The number of pyridine rings is 1. The summed E-state index contributed by atoms with van der Waals surface area (Å²) in [5.74, 6) is -6.89. The highest BCUT2D eigenvalue weighted by Gasteiger charge is 2.61. The zero-order valence-corrected chi connectivity index (χ0v) is 19.2. The van der Waals surface area contributed by atoms with Gasteiger partial charge in [0, 0.05) is 6.20 Å². The van der Waals surface area contributed by atoms with Gasteiger partial charge in [-0.25, -0.2) is 4.98 Å². The molecule has 1 aromatic heterocycles. The number of alkyl halides is 5. The summed E-state index contributed by atoms with van der Waals surface area (Å²) in [7, 11) is 0. The highest BCUT2D eigenvalue weighted by Crippen LogP contribution is 2.35. The van der Waals surface area contributed by atoms with Crippen molar-refractivity contribution < 1.29 is 22.0 Å². The van der Waals surface area contributed by atoms with Crippen LogP contribution in [0.2, 0.25) is 0 Å². The van der Waals surface area contributed by atoms with E-state index in [0.29, 0.717) is 5.82 Å². The van der Waals surface area contributed by atoms with E-state index in [2.05, 4.69) is 37.5 Å². The number of aromatic nitrogens is 1. The molecule has 2 rings (SSSR count). The third-order valence-corrected chi connectivity index (χ3v) is 4.67. The number of anilines is 1. The fourth-order valence-electron chi connectivity index (χ4n) is 2.83. The Morgan fingerprint density at radius 2 is 1.86 bits per heavy atom. The molecule has 0 aliphatic heterocycles. The molecular weight excluding hydrogens is 469 g/mol. The Hall–Kier alpha value is -3.96. The Bertz CT molecular complexity index is 1180. The van der Waals surface area contributed by atoms with Crippen LogP contribution in [0.5, 0.6) is 0 Å². The van der Waals surface area contributed by atoms with Gasteiger partial charge in [0.05, 0.1) is 5.71 Å². The second-order valence-corrected chi connectivity index (χ2v) is 7.45. The van der Waals surface area contributed by atoms with Gasteiger partial charge in [-0.05, 0) is 60.4 Å². The molecule has 12 heteroatoms. The first-order chi connectivity index (χ1) is 16.4. The van der Waals surface area contributed by atoms with Crippen LogP contribution in [-0.2, 0) is 0 Å². The van der Waals surface area contributed by atoms with Crippen LogP contribution in [0.4, 0.5) is 27.8 Å². The van der Waals surface area contributed by atoms with Gasteiger partial charge in [-0.1, -0.05) is 42.5 Å². The van der Waals surface area contributed by atoms with Gasteiger partial charge in [0.25, 0.3) is 0 Å². The molecule has 0 saturated carbocycles. The van der Waals surface area contributed by atoms with Crippen LogP contribution < -0.4 is 11.2 Å². The van der Waals surface area contributed by atoms with Gasteiger partial charge in [0.2, 0.25) is 5.84 Å². The third-order valence-electron chi connectivity index (χ3n) is 4.67. The quantitative estimate of drug-likeness (QED) is 0.146. The molecule has 0 aliphatic rings. The summed E-state index contributed by atoms with van der Waals surface area (Å²) >= 11 is 0. The minimum Gasteiger partial charge on any atom is -0.380 e. The summed E-state index contributed by atoms with van der Waals surface area (Å²) in [6, 6.07) is 7.49. The molecule has 0 atom stereocenters. The molecule has 1 heterocycles. The molecule has 2 aromatic rings. The van der Waals surface area contributed by atoms with Crippen LogP contribution in [-0.4, -0.2) is 35.2 Å². The molecule has 186 valence electrons. The fraction of sp³-hybridized carbons (Fsp3) is 0.261. The topological polar surface area (TPSA) is 100 Å². The molecule has 0 amide bonds. The van der Waals surface area contributed by atoms with Gasteiger partial charge < -0.3 is 5.73 Å². The summed E-state index contributed by atoms with van der Waals surface area (Å²) in [5.41, 5.74) is 12.3. The maximum Gasteiger partial charge on any atom is 0.461 e. The number of hydrogen-bond donors (Lipinski definition) is 2. The summed E-state index contributed by atoms with van der Waals surface area (Å²) in [5, 5.41) is 13.4. The molecular formula is C23H24F5N7. The molecule has 1 aromatic carbocycles. The minimum atomic E-state index is -5.90. The Balaban J connectivity index is 2.33. The normalized spacial score (nSPS) is 13.6. The number of hydrazone groups is 1. The number of halogens is 5. The summed E-state index contributed by atoms with van der Waals surface area (Å²) in [6.07, 6.45) is 0.702. The van der Waals surface area contributed by atoms with Crippen molar-refractivity contribution >= 4 is 29.5 Å². The zero-order chi connectivity index (χ0) is 26.2. The predicted molar refractivity (Wildman–Crippen MR) is 127 cm³/mol. The van der Waals surface area contributed by atoms with Crippen LogP contribution in [0.25, 0.3) is 12.2 Å². The van der Waals surface area contributed by atoms with Gasteiger partial charge in [-0.15, -0.1) is 5.10 Å². The smallest absolute Gasteiger partial charge is 0.380 e. The molecule has 0 bridgehead atoms. The average Bonchev–Trinajstić information content (AvgIpc) is 2.78. The fourth-order valence-corrected chi connectivity index (χ4v) is 2.83. The summed E-state index contributed by atoms with van der Waals surface area (Å²) in [4.78, 5) is 4.15. The lowest BCUT2D eigenvalue weighted by atomic mass is 9.98. The van der Waals surface area contributed by atoms with E-state index in [9.17, 15) is 22.0 Å². The van der Waals surface area contributed by atoms with Crippen molar-refractivity contribution in [1.82, 2.24) is 4.98 Å². The Morgan fingerprint density at radius 3 is 2.49 bits per heavy atom. The van der Waals surface area contributed by atoms with Gasteiger partial charge in [0.15, 0.2) is 0 Å². The summed E-state index contributed by atoms with van der Waals surface area (Å²) in [6.45, 7) is 9.19. The number of amidine groups is 1. The van der Waals surface area contributed by atoms with Crippen LogP contribution in [0.1, 0.15) is 27.8 Å². The number of benzene rings is 1. The average molecular weight is 493 g/mol. The molecule has 0 spiro atoms. The molecule has 0 aliphatic carbocycles.